The molecule has 2 aromatic heterocycles. The van der Waals surface area contributed by atoms with Crippen molar-refractivity contribution in [2.24, 2.45) is 0 Å². The van der Waals surface area contributed by atoms with Gasteiger partial charge in [0.1, 0.15) is 18.5 Å². The molecule has 0 bridgehead atoms. The van der Waals surface area contributed by atoms with E-state index < -0.39 is 11.7 Å². The zero-order chi connectivity index (χ0) is 21.1. The van der Waals surface area contributed by atoms with E-state index in [0.717, 1.165) is 12.3 Å². The summed E-state index contributed by atoms with van der Waals surface area (Å²) in [5.74, 6) is 0.458. The number of anilines is 2. The number of carbonyl (C=O) groups excluding carboxylic acids is 1. The number of benzene rings is 1. The van der Waals surface area contributed by atoms with E-state index in [1.54, 1.807) is 22.0 Å². The molecule has 1 aliphatic heterocycles. The van der Waals surface area contributed by atoms with Crippen LogP contribution in [-0.4, -0.2) is 56.9 Å². The van der Waals surface area contributed by atoms with Crippen LogP contribution in [0.4, 0.5) is 29.5 Å². The third-order valence-corrected chi connectivity index (χ3v) is 4.78. The van der Waals surface area contributed by atoms with E-state index in [4.69, 9.17) is 0 Å². The van der Waals surface area contributed by atoms with E-state index >= 15 is 0 Å². The van der Waals surface area contributed by atoms with Crippen molar-refractivity contribution in [3.63, 3.8) is 0 Å². The highest BCUT2D eigenvalue weighted by Crippen LogP contribution is 2.29. The van der Waals surface area contributed by atoms with Gasteiger partial charge in [-0.25, -0.2) is 19.4 Å². The van der Waals surface area contributed by atoms with Crippen LogP contribution in [-0.2, 0) is 6.18 Å². The summed E-state index contributed by atoms with van der Waals surface area (Å²) in [6, 6.07) is 9.35. The summed E-state index contributed by atoms with van der Waals surface area (Å²) in [7, 11) is 0. The van der Waals surface area contributed by atoms with Gasteiger partial charge in [0.15, 0.2) is 0 Å². The predicted octanol–water partition coefficient (Wildman–Crippen LogP) is 3.04. The van der Waals surface area contributed by atoms with E-state index in [1.807, 2.05) is 23.1 Å². The zero-order valence-electron chi connectivity index (χ0n) is 15.8. The number of halogens is 3. The van der Waals surface area contributed by atoms with Crippen LogP contribution < -0.4 is 10.2 Å². The lowest BCUT2D eigenvalue weighted by atomic mass is 10.2. The van der Waals surface area contributed by atoms with Gasteiger partial charge in [-0.05, 0) is 24.3 Å². The van der Waals surface area contributed by atoms with Crippen molar-refractivity contribution < 1.29 is 18.0 Å². The van der Waals surface area contributed by atoms with Gasteiger partial charge in [0.2, 0.25) is 0 Å². The fourth-order valence-electron chi connectivity index (χ4n) is 3.19. The number of urea groups is 1. The van der Waals surface area contributed by atoms with Gasteiger partial charge >= 0.3 is 12.2 Å². The van der Waals surface area contributed by atoms with Crippen LogP contribution in [0, 0.1) is 0 Å². The van der Waals surface area contributed by atoms with E-state index in [9.17, 15) is 18.0 Å². The molecular formula is C19H18F3N7O. The van der Waals surface area contributed by atoms with Crippen molar-refractivity contribution in [3.8, 4) is 5.69 Å². The maximum absolute atomic E-state index is 12.7. The van der Waals surface area contributed by atoms with Crippen molar-refractivity contribution in [2.75, 3.05) is 36.4 Å². The Bertz CT molecular complexity index is 998. The Kier molecular flexibility index (Phi) is 5.25. The highest BCUT2D eigenvalue weighted by atomic mass is 19.4. The third kappa shape index (κ3) is 4.19. The lowest BCUT2D eigenvalue weighted by Crippen LogP contribution is -2.50. The molecule has 0 spiro atoms. The molecule has 1 aromatic carbocycles. The summed E-state index contributed by atoms with van der Waals surface area (Å²) in [6.45, 7) is 1.77. The number of pyridine rings is 1. The SMILES string of the molecule is O=C(Nc1ccccc1-n1cncn1)N1CCN(c2ccc(C(F)(F)F)cn2)CC1. The summed E-state index contributed by atoms with van der Waals surface area (Å²) in [6.07, 6.45) is -0.631. The first-order chi connectivity index (χ1) is 14.4. The average Bonchev–Trinajstić information content (AvgIpc) is 3.28. The topological polar surface area (TPSA) is 79.2 Å². The number of nitrogens with one attached hydrogen (secondary N) is 1. The van der Waals surface area contributed by atoms with Crippen LogP contribution in [0.5, 0.6) is 0 Å². The van der Waals surface area contributed by atoms with Crippen molar-refractivity contribution in [2.45, 2.75) is 6.18 Å². The largest absolute Gasteiger partial charge is 0.417 e. The second-order valence-corrected chi connectivity index (χ2v) is 6.66. The molecule has 0 unspecified atom stereocenters. The highest BCUT2D eigenvalue weighted by Gasteiger charge is 2.31. The lowest BCUT2D eigenvalue weighted by molar-refractivity contribution is -0.137. The molecule has 0 saturated carbocycles. The monoisotopic (exact) mass is 417 g/mol. The Balaban J connectivity index is 1.37. The third-order valence-electron chi connectivity index (χ3n) is 4.78. The Hall–Kier alpha value is -3.63. The molecule has 0 atom stereocenters. The van der Waals surface area contributed by atoms with Crippen LogP contribution in [0.3, 0.4) is 0 Å². The maximum Gasteiger partial charge on any atom is 0.417 e. The first-order valence-electron chi connectivity index (χ1n) is 9.20. The number of piperazine rings is 1. The molecule has 8 nitrogen and oxygen atoms in total. The van der Waals surface area contributed by atoms with Crippen LogP contribution in [0.15, 0.2) is 55.2 Å². The number of aromatic nitrogens is 4. The lowest BCUT2D eigenvalue weighted by Gasteiger charge is -2.35. The summed E-state index contributed by atoms with van der Waals surface area (Å²) < 4.78 is 39.6. The molecule has 0 radical (unpaired) electrons. The van der Waals surface area contributed by atoms with Gasteiger partial charge in [-0.15, -0.1) is 0 Å². The van der Waals surface area contributed by atoms with Gasteiger partial charge in [0, 0.05) is 32.4 Å². The van der Waals surface area contributed by atoms with Gasteiger partial charge in [-0.1, -0.05) is 12.1 Å². The molecule has 156 valence electrons. The highest BCUT2D eigenvalue weighted by molar-refractivity contribution is 5.91. The van der Waals surface area contributed by atoms with Crippen molar-refractivity contribution in [3.05, 3.63) is 60.8 Å². The minimum Gasteiger partial charge on any atom is -0.353 e. The molecule has 11 heteroatoms. The fraction of sp³-hybridized carbons (Fsp3) is 0.263. The van der Waals surface area contributed by atoms with Gasteiger partial charge in [-0.2, -0.15) is 18.3 Å². The molecular weight excluding hydrogens is 399 g/mol. The fourth-order valence-corrected chi connectivity index (χ4v) is 3.19. The minimum absolute atomic E-state index is 0.261. The molecule has 3 heterocycles. The Morgan fingerprint density at radius 1 is 1.03 bits per heavy atom. The first-order valence-corrected chi connectivity index (χ1v) is 9.20. The number of nitrogens with zero attached hydrogens (tertiary/aromatic N) is 6. The van der Waals surface area contributed by atoms with Gasteiger partial charge < -0.3 is 15.1 Å². The van der Waals surface area contributed by atoms with E-state index in [-0.39, 0.29) is 6.03 Å². The van der Waals surface area contributed by atoms with Gasteiger partial charge in [0.25, 0.3) is 0 Å². The molecule has 2 amide bonds. The Morgan fingerprint density at radius 3 is 2.43 bits per heavy atom. The normalized spacial score (nSPS) is 14.6. The summed E-state index contributed by atoms with van der Waals surface area (Å²) in [5.41, 5.74) is 0.506. The zero-order valence-corrected chi connectivity index (χ0v) is 15.8. The van der Waals surface area contributed by atoms with E-state index in [2.05, 4.69) is 20.4 Å². The van der Waals surface area contributed by atoms with E-state index in [1.165, 1.54) is 12.4 Å². The summed E-state index contributed by atoms with van der Waals surface area (Å²) >= 11 is 0. The van der Waals surface area contributed by atoms with Crippen LogP contribution >= 0.6 is 0 Å². The minimum atomic E-state index is -4.41. The number of hydrogen-bond donors (Lipinski definition) is 1. The molecule has 1 fully saturated rings. The van der Waals surface area contributed by atoms with Crippen LogP contribution in [0.1, 0.15) is 5.56 Å². The Morgan fingerprint density at radius 2 is 1.80 bits per heavy atom. The van der Waals surface area contributed by atoms with Gasteiger partial charge in [-0.3, -0.25) is 0 Å². The average molecular weight is 417 g/mol. The van der Waals surface area contributed by atoms with Crippen molar-refractivity contribution >= 4 is 17.5 Å². The van der Waals surface area contributed by atoms with Crippen molar-refractivity contribution in [1.82, 2.24) is 24.6 Å². The number of alkyl halides is 3. The van der Waals surface area contributed by atoms with Gasteiger partial charge in [0.05, 0.1) is 16.9 Å². The molecule has 30 heavy (non-hydrogen) atoms. The van der Waals surface area contributed by atoms with Crippen LogP contribution in [0.25, 0.3) is 5.69 Å². The standard InChI is InChI=1S/C19H18F3N7O/c20-19(21,22)14-5-6-17(24-11-14)27-7-9-28(10-8-27)18(30)26-15-3-1-2-4-16(15)29-13-23-12-25-29/h1-6,11-13H,7-10H2,(H,26,30). The number of amides is 2. The first kappa shape index (κ1) is 19.7. The molecule has 1 saturated heterocycles. The maximum atomic E-state index is 12.7. The Labute approximate surface area is 170 Å². The van der Waals surface area contributed by atoms with Crippen LogP contribution in [0.2, 0.25) is 0 Å². The van der Waals surface area contributed by atoms with E-state index in [0.29, 0.717) is 43.4 Å². The van der Waals surface area contributed by atoms with Crippen molar-refractivity contribution in [1.29, 1.82) is 0 Å². The number of hydrogen-bond acceptors (Lipinski definition) is 5. The molecule has 0 aliphatic carbocycles. The molecule has 1 N–H and O–H groups in total. The summed E-state index contributed by atoms with van der Waals surface area (Å²) in [4.78, 5) is 24.0. The molecule has 3 aromatic rings. The molecule has 4 rings (SSSR count). The quantitative estimate of drug-likeness (QED) is 0.709. The smallest absolute Gasteiger partial charge is 0.353 e. The predicted molar refractivity (Wildman–Crippen MR) is 103 cm³/mol. The number of rotatable bonds is 3. The molecule has 1 aliphatic rings. The summed E-state index contributed by atoms with van der Waals surface area (Å²) in [5, 5.41) is 6.97. The number of para-hydroxylation sites is 2. The number of carbonyl (C=O) groups is 1. The second-order valence-electron chi connectivity index (χ2n) is 6.66. The second kappa shape index (κ2) is 8.01.